The zero-order valence-electron chi connectivity index (χ0n) is 31.2. The standard InChI is InChI=1S/C22H32N4.C14H22O2.CHF3O3S.Fe/c1-17-9-7-11-19(23-17)15-25(3)21-13-5-6-14-22(21)26(4)16-20-12-8-10-18(2)24-20;1-13(2,3)9-7-10(14(4,5)6)12(16)11(15)8-9;2-1(3,4)8(5,6)7;/h7-12,21-22H,5-6,13-16H2,1-4H3;7-8,15-16H,1-6H3;(H,5,6,7);/q;;;+5/p-3/t21-,22-;;;/m0.../s1. The quantitative estimate of drug-likeness (QED) is 0.157. The Morgan fingerprint density at radius 3 is 1.47 bits per heavy atom. The third-order valence-electron chi connectivity index (χ3n) is 8.55. The van der Waals surface area contributed by atoms with Gasteiger partial charge in [-0.15, -0.1) is 11.5 Å². The summed E-state index contributed by atoms with van der Waals surface area (Å²) in [6.45, 7) is 17.9. The Balaban J connectivity index is 0.000000444. The largest absolute Gasteiger partial charge is 5.00 e. The molecule has 0 amide bonds. The van der Waals surface area contributed by atoms with Gasteiger partial charge in [0.2, 0.25) is 0 Å². The molecule has 1 saturated carbocycles. The van der Waals surface area contributed by atoms with Crippen LogP contribution >= 0.6 is 0 Å². The fraction of sp³-hybridized carbons (Fsp3) is 0.568. The first-order valence-corrected chi connectivity index (χ1v) is 18.0. The molecule has 0 spiro atoms. The first kappa shape index (κ1) is 46.3. The van der Waals surface area contributed by atoms with Gasteiger partial charge in [0, 0.05) is 36.6 Å². The second-order valence-electron chi connectivity index (χ2n) is 15.0. The van der Waals surface area contributed by atoms with Crippen molar-refractivity contribution in [1.82, 2.24) is 19.8 Å². The Labute approximate surface area is 312 Å². The summed E-state index contributed by atoms with van der Waals surface area (Å²) in [5, 5.41) is 23.4. The van der Waals surface area contributed by atoms with Crippen LogP contribution in [-0.4, -0.2) is 64.4 Å². The summed E-state index contributed by atoms with van der Waals surface area (Å²) >= 11 is 0. The number of likely N-dealkylation sites (N-methyl/N-ethyl adjacent to an activating group) is 2. The molecule has 0 bridgehead atoms. The van der Waals surface area contributed by atoms with Gasteiger partial charge in [-0.3, -0.25) is 19.8 Å². The summed E-state index contributed by atoms with van der Waals surface area (Å²) in [5.41, 5.74) is 0.0428. The number of pyridine rings is 2. The van der Waals surface area contributed by atoms with Gasteiger partial charge in [-0.2, -0.15) is 13.2 Å². The van der Waals surface area contributed by atoms with Crippen LogP contribution in [0.4, 0.5) is 13.2 Å². The van der Waals surface area contributed by atoms with Gasteiger partial charge in [0.1, 0.15) is 0 Å². The first-order chi connectivity index (χ1) is 22.8. The van der Waals surface area contributed by atoms with Crippen molar-refractivity contribution in [2.24, 2.45) is 0 Å². The van der Waals surface area contributed by atoms with Crippen molar-refractivity contribution in [3.8, 4) is 11.5 Å². The van der Waals surface area contributed by atoms with E-state index < -0.39 is 21.4 Å². The Morgan fingerprint density at radius 1 is 0.765 bits per heavy atom. The topological polar surface area (TPSA) is 136 Å². The van der Waals surface area contributed by atoms with E-state index in [1.54, 1.807) is 0 Å². The van der Waals surface area contributed by atoms with Crippen molar-refractivity contribution in [3.05, 3.63) is 82.4 Å². The second kappa shape index (κ2) is 18.8. The molecule has 1 aliphatic carbocycles. The smallest absolute Gasteiger partial charge is 0.873 e. The van der Waals surface area contributed by atoms with E-state index in [1.165, 1.54) is 43.1 Å². The summed E-state index contributed by atoms with van der Waals surface area (Å²) < 4.78 is 58.9. The van der Waals surface area contributed by atoms with Crippen LogP contribution in [0.1, 0.15) is 101 Å². The summed E-state index contributed by atoms with van der Waals surface area (Å²) in [6, 6.07) is 17.1. The normalized spacial score (nSPS) is 16.8. The van der Waals surface area contributed by atoms with Crippen LogP contribution < -0.4 is 10.2 Å². The second-order valence-corrected chi connectivity index (χ2v) is 16.4. The molecule has 2 atom stereocenters. The van der Waals surface area contributed by atoms with Crippen molar-refractivity contribution in [3.63, 3.8) is 0 Å². The van der Waals surface area contributed by atoms with Gasteiger partial charge in [0.25, 0.3) is 0 Å². The molecule has 283 valence electrons. The minimum atomic E-state index is -6.09. The van der Waals surface area contributed by atoms with Gasteiger partial charge in [-0.05, 0) is 81.4 Å². The number of alkyl halides is 3. The number of hydrogen-bond donors (Lipinski definition) is 0. The molecule has 1 radical (unpaired) electrons. The van der Waals surface area contributed by atoms with Gasteiger partial charge in [-0.1, -0.05) is 84.2 Å². The van der Waals surface area contributed by atoms with E-state index in [0.29, 0.717) is 17.6 Å². The fourth-order valence-corrected chi connectivity index (χ4v) is 5.83. The number of halogens is 3. The van der Waals surface area contributed by atoms with E-state index in [-0.39, 0.29) is 33.6 Å². The van der Waals surface area contributed by atoms with Crippen molar-refractivity contribution in [2.45, 2.75) is 123 Å². The van der Waals surface area contributed by atoms with Crippen molar-refractivity contribution in [1.29, 1.82) is 0 Å². The van der Waals surface area contributed by atoms with Crippen LogP contribution in [0.15, 0.2) is 48.5 Å². The molecule has 0 unspecified atom stereocenters. The zero-order valence-corrected chi connectivity index (χ0v) is 33.2. The molecule has 0 N–H and O–H groups in total. The van der Waals surface area contributed by atoms with Crippen LogP contribution in [0.25, 0.3) is 0 Å². The number of aryl methyl sites for hydroxylation is 2. The van der Waals surface area contributed by atoms with Gasteiger partial charge in [0.15, 0.2) is 10.1 Å². The summed E-state index contributed by atoms with van der Waals surface area (Å²) in [4.78, 5) is 14.4. The van der Waals surface area contributed by atoms with Crippen LogP contribution in [0.5, 0.6) is 11.5 Å². The van der Waals surface area contributed by atoms with Crippen LogP contribution in [0.2, 0.25) is 0 Å². The summed E-state index contributed by atoms with van der Waals surface area (Å²) in [5.74, 6) is -0.752. The average Bonchev–Trinajstić information content (AvgIpc) is 2.97. The van der Waals surface area contributed by atoms with E-state index in [2.05, 4.69) is 74.1 Å². The van der Waals surface area contributed by atoms with Crippen molar-refractivity contribution in [2.75, 3.05) is 14.1 Å². The summed E-state index contributed by atoms with van der Waals surface area (Å²) in [7, 11) is -1.58. The van der Waals surface area contributed by atoms with Gasteiger partial charge < -0.3 is 14.8 Å². The third-order valence-corrected chi connectivity index (χ3v) is 9.12. The Hall–Kier alpha value is -2.74. The summed E-state index contributed by atoms with van der Waals surface area (Å²) in [6.07, 6.45) is 5.17. The molecule has 3 aromatic rings. The average molecular weight is 778 g/mol. The van der Waals surface area contributed by atoms with E-state index in [1.807, 2.05) is 47.6 Å². The SMILES string of the molecule is CC(C)(C)c1cc([O-])c([O-])c(C(C)(C)C)c1.Cc1cccc(CN(C)[C@H]2CCCC[C@@H]2N(C)Cc2cccc(C)n2)n1.O=S(=O)([O-])C(F)(F)F.[Fe+5]. The van der Waals surface area contributed by atoms with Gasteiger partial charge in [0.05, 0.1) is 11.4 Å². The Bertz CT molecular complexity index is 1600. The monoisotopic (exact) mass is 777 g/mol. The maximum absolute atomic E-state index is 11.8. The van der Waals surface area contributed by atoms with Crippen LogP contribution in [-0.2, 0) is 51.1 Å². The predicted octanol–water partition coefficient (Wildman–Crippen LogP) is 6.45. The molecule has 2 aromatic heterocycles. The van der Waals surface area contributed by atoms with Gasteiger partial charge >= 0.3 is 22.6 Å². The molecule has 9 nitrogen and oxygen atoms in total. The van der Waals surface area contributed by atoms with Crippen molar-refractivity contribution < 1.29 is 53.4 Å². The van der Waals surface area contributed by atoms with Gasteiger partial charge in [-0.25, -0.2) is 8.42 Å². The van der Waals surface area contributed by atoms with E-state index in [0.717, 1.165) is 30.0 Å². The molecule has 1 aromatic carbocycles. The molecule has 14 heteroatoms. The van der Waals surface area contributed by atoms with Crippen molar-refractivity contribution >= 4 is 10.1 Å². The molecule has 1 aliphatic rings. The molecule has 0 saturated heterocycles. The number of aromatic nitrogens is 2. The number of benzene rings is 1. The number of hydrogen-bond acceptors (Lipinski definition) is 9. The maximum Gasteiger partial charge on any atom is 5.00 e. The minimum absolute atomic E-state index is 0. The van der Waals surface area contributed by atoms with E-state index in [4.69, 9.17) is 22.9 Å². The van der Waals surface area contributed by atoms with Crippen LogP contribution in [0.3, 0.4) is 0 Å². The van der Waals surface area contributed by atoms with E-state index >= 15 is 0 Å². The molecule has 4 rings (SSSR count). The van der Waals surface area contributed by atoms with Crippen LogP contribution in [0, 0.1) is 13.8 Å². The minimum Gasteiger partial charge on any atom is -0.873 e. The maximum atomic E-state index is 11.8. The molecule has 1 fully saturated rings. The number of rotatable bonds is 6. The molecular formula is C37H52F3FeN4O5S+2. The number of nitrogens with zero attached hydrogens (tertiary/aromatic N) is 4. The zero-order chi connectivity index (χ0) is 38.2. The molecule has 2 heterocycles. The van der Waals surface area contributed by atoms with E-state index in [9.17, 15) is 23.4 Å². The molecule has 51 heavy (non-hydrogen) atoms. The third kappa shape index (κ3) is 14.7. The Morgan fingerprint density at radius 2 is 1.16 bits per heavy atom. The molecule has 0 aliphatic heterocycles. The predicted molar refractivity (Wildman–Crippen MR) is 185 cm³/mol. The first-order valence-electron chi connectivity index (χ1n) is 16.6. The Kier molecular flexibility index (Phi) is 17.1. The fourth-order valence-electron chi connectivity index (χ4n) is 5.83. The molecular weight excluding hydrogens is 725 g/mol.